The molecule has 5 heteroatoms. The van der Waals surface area contributed by atoms with Crippen LogP contribution in [0.5, 0.6) is 11.5 Å². The molecular weight excluding hydrogens is 244 g/mol. The summed E-state index contributed by atoms with van der Waals surface area (Å²) in [4.78, 5) is 8.63. The van der Waals surface area contributed by atoms with Gasteiger partial charge in [0.05, 0.1) is 0 Å². The first-order chi connectivity index (χ1) is 8.89. The average molecular weight is 258 g/mol. The molecule has 0 fully saturated rings. The van der Waals surface area contributed by atoms with Gasteiger partial charge < -0.3 is 14.6 Å². The summed E-state index contributed by atoms with van der Waals surface area (Å²) in [5.74, 6) is -0.0268. The minimum Gasteiger partial charge on any atom is -0.504 e. The molecule has 2 heterocycles. The normalized spacial score (nSPS) is 12.4. The van der Waals surface area contributed by atoms with Gasteiger partial charge in [-0.1, -0.05) is 20.8 Å². The predicted octanol–water partition coefficient (Wildman–Crippen LogP) is 3.08. The van der Waals surface area contributed by atoms with Gasteiger partial charge in [0, 0.05) is 17.0 Å². The summed E-state index contributed by atoms with van der Waals surface area (Å²) in [6, 6.07) is 3.38. The zero-order valence-electron chi connectivity index (χ0n) is 10.9. The Kier molecular flexibility index (Phi) is 2.23. The summed E-state index contributed by atoms with van der Waals surface area (Å²) in [5.41, 5.74) is 0.874. The van der Waals surface area contributed by atoms with E-state index in [0.29, 0.717) is 22.3 Å². The Morgan fingerprint density at radius 1 is 1.11 bits per heavy atom. The molecule has 0 saturated heterocycles. The maximum Gasteiger partial charge on any atom is 0.204 e. The first-order valence-corrected chi connectivity index (χ1v) is 5.99. The van der Waals surface area contributed by atoms with Crippen molar-refractivity contribution < 1.29 is 14.6 Å². The van der Waals surface area contributed by atoms with E-state index >= 15 is 0 Å². The Bertz CT molecular complexity index is 785. The van der Waals surface area contributed by atoms with E-state index in [1.54, 1.807) is 18.3 Å². The fraction of sp³-hybridized carbons (Fsp3) is 0.286. The number of phenols is 2. The highest BCUT2D eigenvalue weighted by Crippen LogP contribution is 2.42. The van der Waals surface area contributed by atoms with E-state index in [9.17, 15) is 10.2 Å². The second-order valence-corrected chi connectivity index (χ2v) is 5.54. The van der Waals surface area contributed by atoms with E-state index in [1.165, 1.54) is 0 Å². The molecule has 2 N–H and O–H groups in total. The topological polar surface area (TPSA) is 79.4 Å². The Hall–Kier alpha value is -2.30. The Morgan fingerprint density at radius 2 is 1.84 bits per heavy atom. The zero-order chi connectivity index (χ0) is 13.8. The third kappa shape index (κ3) is 1.62. The lowest BCUT2D eigenvalue weighted by Gasteiger charge is -2.11. The molecule has 0 atom stereocenters. The predicted molar refractivity (Wildman–Crippen MR) is 71.3 cm³/mol. The number of benzene rings is 1. The van der Waals surface area contributed by atoms with E-state index in [1.807, 2.05) is 20.8 Å². The maximum absolute atomic E-state index is 10.0. The molecule has 3 aromatic rings. The number of aromatic nitrogens is 2. The monoisotopic (exact) mass is 258 g/mol. The van der Waals surface area contributed by atoms with Crippen molar-refractivity contribution in [3.8, 4) is 11.5 Å². The van der Waals surface area contributed by atoms with Gasteiger partial charge in [-0.15, -0.1) is 0 Å². The number of hydrogen-bond acceptors (Lipinski definition) is 5. The van der Waals surface area contributed by atoms with Gasteiger partial charge in [-0.2, -0.15) is 0 Å². The van der Waals surface area contributed by atoms with Crippen molar-refractivity contribution >= 4 is 22.0 Å². The molecule has 0 saturated carbocycles. The fourth-order valence-electron chi connectivity index (χ4n) is 1.98. The summed E-state index contributed by atoms with van der Waals surface area (Å²) in [5, 5.41) is 20.5. The lowest BCUT2D eigenvalue weighted by Crippen LogP contribution is -2.10. The highest BCUT2D eigenvalue weighted by atomic mass is 16.4. The number of oxazole rings is 1. The molecule has 0 amide bonds. The summed E-state index contributed by atoms with van der Waals surface area (Å²) < 4.78 is 5.59. The van der Waals surface area contributed by atoms with Crippen molar-refractivity contribution in [3.63, 3.8) is 0 Å². The highest BCUT2D eigenvalue weighted by Gasteiger charge is 2.25. The molecule has 0 aliphatic rings. The zero-order valence-corrected chi connectivity index (χ0v) is 10.9. The van der Waals surface area contributed by atoms with E-state index in [4.69, 9.17) is 4.42 Å². The van der Waals surface area contributed by atoms with Crippen molar-refractivity contribution in [3.05, 3.63) is 24.2 Å². The Labute approximate surface area is 109 Å². The van der Waals surface area contributed by atoms with Gasteiger partial charge in [-0.25, -0.2) is 4.98 Å². The molecule has 3 rings (SSSR count). The number of fused-ring (bicyclic) bond motifs is 3. The molecule has 0 spiro atoms. The summed E-state index contributed by atoms with van der Waals surface area (Å²) in [6.45, 7) is 5.89. The third-order valence-electron chi connectivity index (χ3n) is 3.00. The SMILES string of the molecule is CC(C)(C)c1nc2c(o1)c(O)c(O)c1cccnc12. The largest absolute Gasteiger partial charge is 0.504 e. The van der Waals surface area contributed by atoms with Crippen LogP contribution in [-0.2, 0) is 5.41 Å². The molecule has 0 bridgehead atoms. The van der Waals surface area contributed by atoms with Crippen LogP contribution in [0.2, 0.25) is 0 Å². The third-order valence-corrected chi connectivity index (χ3v) is 3.00. The van der Waals surface area contributed by atoms with E-state index < -0.39 is 0 Å². The molecular formula is C14H14N2O3. The van der Waals surface area contributed by atoms with Crippen LogP contribution in [-0.4, -0.2) is 20.2 Å². The minimum atomic E-state index is -0.293. The van der Waals surface area contributed by atoms with Gasteiger partial charge in [-0.05, 0) is 12.1 Å². The maximum atomic E-state index is 10.0. The van der Waals surface area contributed by atoms with E-state index in [0.717, 1.165) is 0 Å². The van der Waals surface area contributed by atoms with Crippen molar-refractivity contribution in [2.75, 3.05) is 0 Å². The summed E-state index contributed by atoms with van der Waals surface area (Å²) in [7, 11) is 0. The number of phenolic OH excluding ortho intramolecular Hbond substituents is 2. The van der Waals surface area contributed by atoms with Gasteiger partial charge in [0.2, 0.25) is 17.2 Å². The van der Waals surface area contributed by atoms with Crippen LogP contribution in [0.15, 0.2) is 22.7 Å². The smallest absolute Gasteiger partial charge is 0.204 e. The quantitative estimate of drug-likeness (QED) is 0.606. The molecule has 1 aromatic carbocycles. The second kappa shape index (κ2) is 3.60. The van der Waals surface area contributed by atoms with Crippen LogP contribution in [0.4, 0.5) is 0 Å². The lowest BCUT2D eigenvalue weighted by molar-refractivity contribution is 0.383. The van der Waals surface area contributed by atoms with Crippen LogP contribution >= 0.6 is 0 Å². The Morgan fingerprint density at radius 3 is 2.53 bits per heavy atom. The van der Waals surface area contributed by atoms with Gasteiger partial charge in [-0.3, -0.25) is 4.98 Å². The summed E-state index contributed by atoms with van der Waals surface area (Å²) in [6.07, 6.45) is 1.61. The second-order valence-electron chi connectivity index (χ2n) is 5.54. The van der Waals surface area contributed by atoms with E-state index in [-0.39, 0.29) is 22.5 Å². The van der Waals surface area contributed by atoms with Gasteiger partial charge in [0.25, 0.3) is 0 Å². The summed E-state index contributed by atoms with van der Waals surface area (Å²) >= 11 is 0. The highest BCUT2D eigenvalue weighted by molar-refractivity contribution is 6.07. The number of pyridine rings is 1. The minimum absolute atomic E-state index is 0.175. The molecule has 5 nitrogen and oxygen atoms in total. The van der Waals surface area contributed by atoms with Crippen molar-refractivity contribution in [2.45, 2.75) is 26.2 Å². The molecule has 19 heavy (non-hydrogen) atoms. The van der Waals surface area contributed by atoms with Crippen molar-refractivity contribution in [1.82, 2.24) is 9.97 Å². The Balaban J connectivity index is 2.51. The number of nitrogens with zero attached hydrogens (tertiary/aromatic N) is 2. The van der Waals surface area contributed by atoms with Gasteiger partial charge in [0.15, 0.2) is 5.75 Å². The molecule has 2 aromatic heterocycles. The van der Waals surface area contributed by atoms with Crippen LogP contribution in [0, 0.1) is 0 Å². The fourth-order valence-corrected chi connectivity index (χ4v) is 1.98. The molecule has 0 aliphatic heterocycles. The first kappa shape index (κ1) is 11.8. The lowest BCUT2D eigenvalue weighted by atomic mass is 9.97. The molecule has 98 valence electrons. The van der Waals surface area contributed by atoms with Crippen LogP contribution in [0.25, 0.3) is 22.0 Å². The molecule has 0 aliphatic carbocycles. The van der Waals surface area contributed by atoms with E-state index in [2.05, 4.69) is 9.97 Å². The van der Waals surface area contributed by atoms with Crippen LogP contribution in [0.3, 0.4) is 0 Å². The number of aromatic hydroxyl groups is 2. The standard InChI is InChI=1S/C14H14N2O3/c1-14(2,3)13-16-9-8-7(5-4-6-15-8)10(17)11(18)12(9)19-13/h4-6,17-18H,1-3H3. The number of hydrogen-bond donors (Lipinski definition) is 2. The molecule has 0 unspecified atom stereocenters. The van der Waals surface area contributed by atoms with Crippen molar-refractivity contribution in [1.29, 1.82) is 0 Å². The van der Waals surface area contributed by atoms with Gasteiger partial charge in [0.1, 0.15) is 11.0 Å². The van der Waals surface area contributed by atoms with Crippen molar-refractivity contribution in [2.24, 2.45) is 0 Å². The van der Waals surface area contributed by atoms with Crippen LogP contribution in [0.1, 0.15) is 26.7 Å². The van der Waals surface area contributed by atoms with Gasteiger partial charge >= 0.3 is 0 Å². The van der Waals surface area contributed by atoms with Crippen LogP contribution < -0.4 is 0 Å². The molecule has 0 radical (unpaired) electrons. The first-order valence-electron chi connectivity index (χ1n) is 5.99. The average Bonchev–Trinajstić information content (AvgIpc) is 2.81. The number of rotatable bonds is 0.